The fourth-order valence-electron chi connectivity index (χ4n) is 3.31. The summed E-state index contributed by atoms with van der Waals surface area (Å²) in [6.45, 7) is 0. The van der Waals surface area contributed by atoms with Gasteiger partial charge in [-0.15, -0.1) is 0 Å². The Kier molecular flexibility index (Phi) is 4.07. The van der Waals surface area contributed by atoms with Crippen LogP contribution in [0.2, 0.25) is 0 Å². The van der Waals surface area contributed by atoms with Crippen LogP contribution in [0.1, 0.15) is 29.9 Å². The number of primary amides is 1. The van der Waals surface area contributed by atoms with Crippen molar-refractivity contribution in [3.05, 3.63) is 59.4 Å². The molecule has 132 valence electrons. The van der Waals surface area contributed by atoms with E-state index in [-0.39, 0.29) is 18.1 Å². The summed E-state index contributed by atoms with van der Waals surface area (Å²) in [6.07, 6.45) is 2.51. The van der Waals surface area contributed by atoms with E-state index < -0.39 is 5.82 Å². The summed E-state index contributed by atoms with van der Waals surface area (Å²) < 4.78 is 18.8. The first-order valence-corrected chi connectivity index (χ1v) is 8.61. The van der Waals surface area contributed by atoms with E-state index >= 15 is 0 Å². The molecule has 2 aromatic carbocycles. The minimum Gasteiger partial charge on any atom is -0.494 e. The molecular weight excluding hydrogens is 331 g/mol. The summed E-state index contributed by atoms with van der Waals surface area (Å²) in [7, 11) is 1.45. The van der Waals surface area contributed by atoms with Crippen LogP contribution in [0.25, 0.3) is 22.2 Å². The molecule has 0 spiro atoms. The van der Waals surface area contributed by atoms with Gasteiger partial charge in [0.2, 0.25) is 5.91 Å². The predicted octanol–water partition coefficient (Wildman–Crippen LogP) is 3.95. The molecule has 4 nitrogen and oxygen atoms in total. The van der Waals surface area contributed by atoms with E-state index in [1.807, 2.05) is 18.2 Å². The molecule has 0 bridgehead atoms. The summed E-state index contributed by atoms with van der Waals surface area (Å²) in [4.78, 5) is 16.0. The van der Waals surface area contributed by atoms with Gasteiger partial charge in [0, 0.05) is 10.9 Å². The Labute approximate surface area is 150 Å². The van der Waals surface area contributed by atoms with Gasteiger partial charge in [-0.05, 0) is 60.2 Å². The number of benzene rings is 2. The Morgan fingerprint density at radius 1 is 1.23 bits per heavy atom. The Hall–Kier alpha value is -2.95. The fourth-order valence-corrected chi connectivity index (χ4v) is 3.31. The number of fused-ring (bicyclic) bond motifs is 1. The van der Waals surface area contributed by atoms with Crippen molar-refractivity contribution in [2.75, 3.05) is 7.11 Å². The van der Waals surface area contributed by atoms with Crippen molar-refractivity contribution in [3.63, 3.8) is 0 Å². The van der Waals surface area contributed by atoms with Crippen LogP contribution in [0, 0.1) is 5.82 Å². The average molecular weight is 350 g/mol. The summed E-state index contributed by atoms with van der Waals surface area (Å²) in [5.74, 6) is -0.0437. The molecule has 1 heterocycles. The normalized spacial score (nSPS) is 13.8. The van der Waals surface area contributed by atoms with Crippen LogP contribution in [0.3, 0.4) is 0 Å². The number of methoxy groups -OCH3 is 1. The van der Waals surface area contributed by atoms with Gasteiger partial charge in [0.05, 0.1) is 24.7 Å². The number of nitrogens with zero attached hydrogens (tertiary/aromatic N) is 1. The third kappa shape index (κ3) is 3.12. The zero-order valence-corrected chi connectivity index (χ0v) is 14.5. The standard InChI is InChI=1S/C21H19FN2O2/c1-26-20-10-14(5-7-17(20)22)18-11-16(13-3-4-13)15-6-2-12(9-21(23)25)8-19(15)24-18/h2,5-8,10-11,13H,3-4,9H2,1H3,(H2,23,25). The number of hydrogen-bond donors (Lipinski definition) is 1. The molecule has 0 radical (unpaired) electrons. The molecule has 0 aliphatic heterocycles. The van der Waals surface area contributed by atoms with Crippen LogP contribution in [-0.2, 0) is 11.2 Å². The highest BCUT2D eigenvalue weighted by Gasteiger charge is 2.26. The summed E-state index contributed by atoms with van der Waals surface area (Å²) in [5, 5.41) is 1.10. The number of halogens is 1. The second-order valence-corrected chi connectivity index (χ2v) is 6.71. The Morgan fingerprint density at radius 2 is 2.04 bits per heavy atom. The van der Waals surface area contributed by atoms with E-state index in [1.165, 1.54) is 18.7 Å². The van der Waals surface area contributed by atoms with E-state index in [2.05, 4.69) is 6.07 Å². The van der Waals surface area contributed by atoms with Crippen molar-refractivity contribution >= 4 is 16.8 Å². The number of ether oxygens (including phenoxy) is 1. The number of carbonyl (C=O) groups is 1. The van der Waals surface area contributed by atoms with Crippen LogP contribution < -0.4 is 10.5 Å². The highest BCUT2D eigenvalue weighted by atomic mass is 19.1. The minimum absolute atomic E-state index is 0.185. The molecule has 1 aromatic heterocycles. The number of pyridine rings is 1. The van der Waals surface area contributed by atoms with E-state index in [0.29, 0.717) is 5.92 Å². The lowest BCUT2D eigenvalue weighted by Crippen LogP contribution is -2.13. The van der Waals surface area contributed by atoms with Crippen LogP contribution in [0.5, 0.6) is 5.75 Å². The smallest absolute Gasteiger partial charge is 0.221 e. The number of nitrogens with two attached hydrogens (primary N) is 1. The van der Waals surface area contributed by atoms with Gasteiger partial charge in [0.15, 0.2) is 11.6 Å². The SMILES string of the molecule is COc1cc(-c2cc(C3CC3)c3ccc(CC(N)=O)cc3n2)ccc1F. The van der Waals surface area contributed by atoms with E-state index in [0.717, 1.165) is 40.6 Å². The Bertz CT molecular complexity index is 1010. The molecule has 1 aliphatic rings. The molecule has 4 rings (SSSR count). The summed E-state index contributed by atoms with van der Waals surface area (Å²) >= 11 is 0. The zero-order chi connectivity index (χ0) is 18.3. The number of aromatic nitrogens is 1. The summed E-state index contributed by atoms with van der Waals surface area (Å²) in [5.41, 5.74) is 9.80. The maximum absolute atomic E-state index is 13.7. The highest BCUT2D eigenvalue weighted by molar-refractivity contribution is 5.88. The number of rotatable bonds is 5. The van der Waals surface area contributed by atoms with E-state index in [1.54, 1.807) is 12.1 Å². The quantitative estimate of drug-likeness (QED) is 0.757. The second kappa shape index (κ2) is 6.41. The van der Waals surface area contributed by atoms with E-state index in [9.17, 15) is 9.18 Å². The van der Waals surface area contributed by atoms with Gasteiger partial charge >= 0.3 is 0 Å². The van der Waals surface area contributed by atoms with Crippen molar-refractivity contribution in [2.24, 2.45) is 5.73 Å². The van der Waals surface area contributed by atoms with Crippen molar-refractivity contribution in [1.82, 2.24) is 4.98 Å². The largest absolute Gasteiger partial charge is 0.494 e. The molecular formula is C21H19FN2O2. The Balaban J connectivity index is 1.88. The maximum Gasteiger partial charge on any atom is 0.221 e. The van der Waals surface area contributed by atoms with Crippen LogP contribution in [0.15, 0.2) is 42.5 Å². The molecule has 1 fully saturated rings. The molecule has 1 aliphatic carbocycles. The predicted molar refractivity (Wildman–Crippen MR) is 98.6 cm³/mol. The molecule has 26 heavy (non-hydrogen) atoms. The first-order chi connectivity index (χ1) is 12.5. The summed E-state index contributed by atoms with van der Waals surface area (Å²) in [6, 6.07) is 12.7. The first-order valence-electron chi connectivity index (χ1n) is 8.61. The molecule has 1 amide bonds. The molecule has 0 unspecified atom stereocenters. The zero-order valence-electron chi connectivity index (χ0n) is 14.5. The van der Waals surface area contributed by atoms with Gasteiger partial charge in [0.25, 0.3) is 0 Å². The van der Waals surface area contributed by atoms with Crippen LogP contribution in [0.4, 0.5) is 4.39 Å². The van der Waals surface area contributed by atoms with Crippen LogP contribution in [-0.4, -0.2) is 18.0 Å². The number of hydrogen-bond acceptors (Lipinski definition) is 3. The molecule has 0 saturated heterocycles. The number of amides is 1. The lowest BCUT2D eigenvalue weighted by molar-refractivity contribution is -0.117. The van der Waals surface area contributed by atoms with E-state index in [4.69, 9.17) is 15.5 Å². The van der Waals surface area contributed by atoms with Crippen molar-refractivity contribution < 1.29 is 13.9 Å². The van der Waals surface area contributed by atoms with Gasteiger partial charge < -0.3 is 10.5 Å². The molecule has 3 aromatic rings. The fraction of sp³-hybridized carbons (Fsp3) is 0.238. The minimum atomic E-state index is -0.400. The number of carbonyl (C=O) groups excluding carboxylic acids is 1. The highest BCUT2D eigenvalue weighted by Crippen LogP contribution is 2.44. The third-order valence-corrected chi connectivity index (χ3v) is 4.75. The molecule has 2 N–H and O–H groups in total. The van der Waals surface area contributed by atoms with Crippen LogP contribution >= 0.6 is 0 Å². The van der Waals surface area contributed by atoms with Gasteiger partial charge in [-0.3, -0.25) is 4.79 Å². The monoisotopic (exact) mass is 350 g/mol. The second-order valence-electron chi connectivity index (χ2n) is 6.71. The topological polar surface area (TPSA) is 65.2 Å². The molecule has 5 heteroatoms. The molecule has 0 atom stereocenters. The Morgan fingerprint density at radius 3 is 2.73 bits per heavy atom. The van der Waals surface area contributed by atoms with Crippen molar-refractivity contribution in [1.29, 1.82) is 0 Å². The lowest BCUT2D eigenvalue weighted by atomic mass is 9.99. The van der Waals surface area contributed by atoms with Gasteiger partial charge in [-0.1, -0.05) is 12.1 Å². The maximum atomic E-state index is 13.7. The van der Waals surface area contributed by atoms with Gasteiger partial charge in [-0.2, -0.15) is 0 Å². The van der Waals surface area contributed by atoms with Crippen molar-refractivity contribution in [3.8, 4) is 17.0 Å². The first kappa shape index (κ1) is 16.5. The average Bonchev–Trinajstić information content (AvgIpc) is 3.45. The molecule has 1 saturated carbocycles. The van der Waals surface area contributed by atoms with Gasteiger partial charge in [0.1, 0.15) is 0 Å². The van der Waals surface area contributed by atoms with Gasteiger partial charge in [-0.25, -0.2) is 9.37 Å². The third-order valence-electron chi connectivity index (χ3n) is 4.75. The van der Waals surface area contributed by atoms with Crippen molar-refractivity contribution in [2.45, 2.75) is 25.2 Å². The lowest BCUT2D eigenvalue weighted by Gasteiger charge is -2.11.